The molecule has 0 aromatic carbocycles. The van der Waals surface area contributed by atoms with Crippen LogP contribution in [0.3, 0.4) is 0 Å². The van der Waals surface area contributed by atoms with Crippen LogP contribution in [-0.2, 0) is 23.9 Å². The summed E-state index contributed by atoms with van der Waals surface area (Å²) in [6.07, 6.45) is -0.616. The standard InChI is InChI=1S/C21H32IN3O5/c1-11(2)18-20(28)23-10-17(27)30-19(13(4)9-22)14(5)12(3)8-16(26)24-15(6)21(29)25(18)7/h9,11,14-15,18-19H,3,8,10H2,1-2,4-7H3,(H,23,28)(H,24,26)/b13-9+/t14-,15+,18?,19?/m1/s1. The van der Waals surface area contributed by atoms with Crippen LogP contribution < -0.4 is 10.6 Å². The molecule has 3 amide bonds. The third-order valence-electron chi connectivity index (χ3n) is 5.18. The SMILES string of the molecule is C=C1CC(=O)N[C@@H](C)C(=O)N(C)C(C(C)C)C(=O)NCC(=O)OC(/C(C)=C/I)[C@@H]1C. The van der Waals surface area contributed by atoms with Crippen molar-refractivity contribution in [3.63, 3.8) is 0 Å². The van der Waals surface area contributed by atoms with Crippen LogP contribution in [0.5, 0.6) is 0 Å². The smallest absolute Gasteiger partial charge is 0.326 e. The zero-order chi connectivity index (χ0) is 23.2. The van der Waals surface area contributed by atoms with E-state index in [-0.39, 0.29) is 30.7 Å². The highest BCUT2D eigenvalue weighted by molar-refractivity contribution is 14.1. The van der Waals surface area contributed by atoms with Crippen LogP contribution in [0, 0.1) is 11.8 Å². The molecule has 1 fully saturated rings. The number of hydrogen-bond acceptors (Lipinski definition) is 5. The lowest BCUT2D eigenvalue weighted by atomic mass is 9.90. The van der Waals surface area contributed by atoms with Gasteiger partial charge in [0.15, 0.2) is 0 Å². The van der Waals surface area contributed by atoms with E-state index in [1.54, 1.807) is 24.9 Å². The van der Waals surface area contributed by atoms with Crippen molar-refractivity contribution in [2.24, 2.45) is 11.8 Å². The second-order valence-electron chi connectivity index (χ2n) is 8.03. The first-order chi connectivity index (χ1) is 13.9. The average molecular weight is 533 g/mol. The minimum atomic E-state index is -0.811. The van der Waals surface area contributed by atoms with Gasteiger partial charge in [-0.15, -0.1) is 0 Å². The largest absolute Gasteiger partial charge is 0.456 e. The van der Waals surface area contributed by atoms with Crippen LogP contribution in [0.15, 0.2) is 21.8 Å². The van der Waals surface area contributed by atoms with E-state index in [1.165, 1.54) is 11.9 Å². The molecule has 0 saturated carbocycles. The zero-order valence-corrected chi connectivity index (χ0v) is 20.6. The van der Waals surface area contributed by atoms with Gasteiger partial charge in [-0.25, -0.2) is 0 Å². The molecule has 30 heavy (non-hydrogen) atoms. The number of carbonyl (C=O) groups excluding carboxylic acids is 4. The number of likely N-dealkylation sites (N-methyl/N-ethyl adjacent to an activating group) is 1. The zero-order valence-electron chi connectivity index (χ0n) is 18.5. The number of nitrogens with one attached hydrogen (secondary N) is 2. The second kappa shape index (κ2) is 11.5. The number of cyclic esters (lactones) is 1. The molecule has 9 heteroatoms. The Bertz CT molecular complexity index is 734. The number of hydrogen-bond donors (Lipinski definition) is 2. The summed E-state index contributed by atoms with van der Waals surface area (Å²) in [5, 5.41) is 5.25. The first-order valence-electron chi connectivity index (χ1n) is 9.88. The number of ether oxygens (including phenoxy) is 1. The molecule has 1 rings (SSSR count). The summed E-state index contributed by atoms with van der Waals surface area (Å²) in [5.74, 6) is -2.34. The van der Waals surface area contributed by atoms with Gasteiger partial charge in [-0.1, -0.05) is 55.5 Å². The Morgan fingerprint density at radius 1 is 1.27 bits per heavy atom. The van der Waals surface area contributed by atoms with Gasteiger partial charge in [-0.05, 0) is 29.4 Å². The molecule has 1 heterocycles. The van der Waals surface area contributed by atoms with Crippen molar-refractivity contribution in [3.05, 3.63) is 21.8 Å². The third kappa shape index (κ3) is 6.82. The molecule has 0 aliphatic carbocycles. The maximum atomic E-state index is 12.8. The Balaban J connectivity index is 3.28. The van der Waals surface area contributed by atoms with Crippen LogP contribution in [0.1, 0.15) is 41.0 Å². The predicted molar refractivity (Wildman–Crippen MR) is 123 cm³/mol. The maximum absolute atomic E-state index is 12.8. The molecular weight excluding hydrogens is 501 g/mol. The van der Waals surface area contributed by atoms with Crippen LogP contribution in [0.25, 0.3) is 0 Å². The van der Waals surface area contributed by atoms with Crippen molar-refractivity contribution < 1.29 is 23.9 Å². The molecule has 8 nitrogen and oxygen atoms in total. The molecule has 0 bridgehead atoms. The summed E-state index contributed by atoms with van der Waals surface area (Å²) >= 11 is 2.06. The first-order valence-corrected chi connectivity index (χ1v) is 11.1. The topological polar surface area (TPSA) is 105 Å². The molecule has 1 aliphatic rings. The van der Waals surface area contributed by atoms with E-state index in [0.717, 1.165) is 5.57 Å². The number of halogens is 1. The normalized spacial score (nSPS) is 28.5. The molecule has 168 valence electrons. The first kappa shape index (κ1) is 26.1. The summed E-state index contributed by atoms with van der Waals surface area (Å²) in [4.78, 5) is 51.7. The number of esters is 1. The fraction of sp³-hybridized carbons (Fsp3) is 0.619. The molecule has 0 aromatic rings. The van der Waals surface area contributed by atoms with Crippen molar-refractivity contribution in [2.45, 2.75) is 59.2 Å². The lowest BCUT2D eigenvalue weighted by molar-refractivity contribution is -0.149. The van der Waals surface area contributed by atoms with E-state index >= 15 is 0 Å². The van der Waals surface area contributed by atoms with E-state index in [9.17, 15) is 19.2 Å². The van der Waals surface area contributed by atoms with E-state index in [2.05, 4.69) is 39.8 Å². The quantitative estimate of drug-likeness (QED) is 0.321. The lowest BCUT2D eigenvalue weighted by Crippen LogP contribution is -2.55. The summed E-state index contributed by atoms with van der Waals surface area (Å²) < 4.78 is 7.41. The monoisotopic (exact) mass is 533 g/mol. The second-order valence-corrected chi connectivity index (χ2v) is 8.66. The fourth-order valence-corrected chi connectivity index (χ4v) is 3.76. The van der Waals surface area contributed by atoms with Gasteiger partial charge in [0, 0.05) is 19.4 Å². The Morgan fingerprint density at radius 2 is 1.87 bits per heavy atom. The van der Waals surface area contributed by atoms with E-state index in [1.807, 2.05) is 13.8 Å². The van der Waals surface area contributed by atoms with Crippen molar-refractivity contribution in [3.8, 4) is 0 Å². The number of carbonyl (C=O) groups is 4. The Hall–Kier alpha value is -1.91. The van der Waals surface area contributed by atoms with E-state index < -0.39 is 36.0 Å². The fourth-order valence-electron chi connectivity index (χ4n) is 3.40. The Kier molecular flexibility index (Phi) is 9.99. The molecule has 1 saturated heterocycles. The minimum Gasteiger partial charge on any atom is -0.456 e. The van der Waals surface area contributed by atoms with Crippen molar-refractivity contribution >= 4 is 46.3 Å². The van der Waals surface area contributed by atoms with Gasteiger partial charge in [-0.2, -0.15) is 0 Å². The Labute approximate surface area is 192 Å². The Morgan fingerprint density at radius 3 is 2.40 bits per heavy atom. The van der Waals surface area contributed by atoms with Gasteiger partial charge in [-0.3, -0.25) is 19.2 Å². The van der Waals surface area contributed by atoms with Crippen molar-refractivity contribution in [1.29, 1.82) is 0 Å². The summed E-state index contributed by atoms with van der Waals surface area (Å²) in [6, 6.07) is -1.61. The number of rotatable bonds is 2. The van der Waals surface area contributed by atoms with Gasteiger partial charge in [0.2, 0.25) is 17.7 Å². The lowest BCUT2D eigenvalue weighted by Gasteiger charge is -2.32. The molecular formula is C21H32IN3O5. The van der Waals surface area contributed by atoms with Crippen LogP contribution in [0.2, 0.25) is 0 Å². The van der Waals surface area contributed by atoms with Gasteiger partial charge in [0.05, 0.1) is 0 Å². The number of amides is 3. The summed E-state index contributed by atoms with van der Waals surface area (Å²) in [7, 11) is 1.51. The van der Waals surface area contributed by atoms with Crippen LogP contribution in [-0.4, -0.2) is 60.4 Å². The van der Waals surface area contributed by atoms with Crippen LogP contribution >= 0.6 is 22.6 Å². The van der Waals surface area contributed by atoms with Crippen molar-refractivity contribution in [1.82, 2.24) is 15.5 Å². The third-order valence-corrected chi connectivity index (χ3v) is 6.17. The summed E-state index contributed by atoms with van der Waals surface area (Å²) in [6.45, 7) is 12.5. The molecule has 0 radical (unpaired) electrons. The predicted octanol–water partition coefficient (Wildman–Crippen LogP) is 1.94. The number of nitrogens with zero attached hydrogens (tertiary/aromatic N) is 1. The molecule has 1 aliphatic heterocycles. The highest BCUT2D eigenvalue weighted by Crippen LogP contribution is 2.25. The van der Waals surface area contributed by atoms with E-state index in [4.69, 9.17) is 4.74 Å². The van der Waals surface area contributed by atoms with E-state index in [0.29, 0.717) is 5.57 Å². The van der Waals surface area contributed by atoms with Gasteiger partial charge in [0.1, 0.15) is 24.7 Å². The van der Waals surface area contributed by atoms with Gasteiger partial charge in [0.25, 0.3) is 0 Å². The van der Waals surface area contributed by atoms with Gasteiger partial charge < -0.3 is 20.3 Å². The molecule has 4 atom stereocenters. The van der Waals surface area contributed by atoms with Gasteiger partial charge >= 0.3 is 5.97 Å². The molecule has 2 N–H and O–H groups in total. The molecule has 0 spiro atoms. The maximum Gasteiger partial charge on any atom is 0.326 e. The molecule has 0 aromatic heterocycles. The highest BCUT2D eigenvalue weighted by Gasteiger charge is 2.34. The molecule has 2 unspecified atom stereocenters. The highest BCUT2D eigenvalue weighted by atomic mass is 127. The van der Waals surface area contributed by atoms with Crippen molar-refractivity contribution in [2.75, 3.05) is 13.6 Å². The minimum absolute atomic E-state index is 0.00410. The van der Waals surface area contributed by atoms with Crippen LogP contribution in [0.4, 0.5) is 0 Å². The summed E-state index contributed by atoms with van der Waals surface area (Å²) in [5.41, 5.74) is 1.38. The average Bonchev–Trinajstić information content (AvgIpc) is 2.67.